The third-order valence-corrected chi connectivity index (χ3v) is 2.69. The SMILES string of the molecule is COC(=O)c1cccc(C#Cc2ccc(C)cc2)c1. The first-order chi connectivity index (χ1) is 9.19. The molecule has 0 N–H and O–H groups in total. The van der Waals surface area contributed by atoms with Crippen LogP contribution in [0.1, 0.15) is 27.0 Å². The number of carbonyl (C=O) groups is 1. The van der Waals surface area contributed by atoms with E-state index in [1.165, 1.54) is 12.7 Å². The lowest BCUT2D eigenvalue weighted by Crippen LogP contribution is -2.00. The van der Waals surface area contributed by atoms with E-state index >= 15 is 0 Å². The Balaban J connectivity index is 2.24. The van der Waals surface area contributed by atoms with E-state index in [2.05, 4.69) is 16.6 Å². The van der Waals surface area contributed by atoms with E-state index in [4.69, 9.17) is 0 Å². The lowest BCUT2D eigenvalue weighted by atomic mass is 10.1. The number of methoxy groups -OCH3 is 1. The van der Waals surface area contributed by atoms with E-state index in [9.17, 15) is 4.79 Å². The van der Waals surface area contributed by atoms with Crippen LogP contribution in [0.15, 0.2) is 48.5 Å². The zero-order valence-corrected chi connectivity index (χ0v) is 10.9. The number of hydrogen-bond acceptors (Lipinski definition) is 2. The summed E-state index contributed by atoms with van der Waals surface area (Å²) in [6, 6.07) is 15.1. The van der Waals surface area contributed by atoms with Crippen LogP contribution in [0.2, 0.25) is 0 Å². The highest BCUT2D eigenvalue weighted by molar-refractivity contribution is 5.89. The van der Waals surface area contributed by atoms with Gasteiger partial charge in [0.1, 0.15) is 0 Å². The van der Waals surface area contributed by atoms with Crippen LogP contribution < -0.4 is 0 Å². The van der Waals surface area contributed by atoms with E-state index in [0.29, 0.717) is 5.56 Å². The van der Waals surface area contributed by atoms with Gasteiger partial charge in [-0.15, -0.1) is 0 Å². The molecule has 0 aliphatic heterocycles. The van der Waals surface area contributed by atoms with Gasteiger partial charge in [-0.1, -0.05) is 35.6 Å². The summed E-state index contributed by atoms with van der Waals surface area (Å²) in [5.41, 5.74) is 3.47. The van der Waals surface area contributed by atoms with Crippen LogP contribution >= 0.6 is 0 Å². The van der Waals surface area contributed by atoms with Crippen molar-refractivity contribution in [3.8, 4) is 11.8 Å². The van der Waals surface area contributed by atoms with Crippen LogP contribution in [0, 0.1) is 18.8 Å². The Morgan fingerprint density at radius 2 is 1.68 bits per heavy atom. The molecule has 2 aromatic rings. The maximum Gasteiger partial charge on any atom is 0.337 e. The smallest absolute Gasteiger partial charge is 0.337 e. The quantitative estimate of drug-likeness (QED) is 0.574. The molecule has 0 aliphatic carbocycles. The van der Waals surface area contributed by atoms with Gasteiger partial charge in [-0.05, 0) is 37.3 Å². The Hall–Kier alpha value is -2.53. The summed E-state index contributed by atoms with van der Waals surface area (Å²) in [5.74, 6) is 5.76. The molecule has 0 heterocycles. The van der Waals surface area contributed by atoms with Crippen LogP contribution in [0.5, 0.6) is 0 Å². The van der Waals surface area contributed by atoms with E-state index in [-0.39, 0.29) is 5.97 Å². The Kier molecular flexibility index (Phi) is 4.00. The van der Waals surface area contributed by atoms with Crippen molar-refractivity contribution in [2.75, 3.05) is 7.11 Å². The van der Waals surface area contributed by atoms with Gasteiger partial charge in [0.25, 0.3) is 0 Å². The Morgan fingerprint density at radius 3 is 2.37 bits per heavy atom. The molecule has 0 atom stereocenters. The van der Waals surface area contributed by atoms with E-state index < -0.39 is 0 Å². The average molecular weight is 250 g/mol. The minimum absolute atomic E-state index is 0.348. The van der Waals surface area contributed by atoms with Gasteiger partial charge < -0.3 is 4.74 Å². The number of ether oxygens (including phenoxy) is 1. The predicted octanol–water partition coefficient (Wildman–Crippen LogP) is 3.18. The summed E-state index contributed by atoms with van der Waals surface area (Å²) in [5, 5.41) is 0. The maximum atomic E-state index is 11.4. The van der Waals surface area contributed by atoms with Crippen LogP contribution in [0.4, 0.5) is 0 Å². The number of benzene rings is 2. The lowest BCUT2D eigenvalue weighted by Gasteiger charge is -1.98. The first-order valence-corrected chi connectivity index (χ1v) is 5.96. The first kappa shape index (κ1) is 12.9. The van der Waals surface area contributed by atoms with Crippen molar-refractivity contribution < 1.29 is 9.53 Å². The Labute approximate surface area is 113 Å². The van der Waals surface area contributed by atoms with Crippen molar-refractivity contribution >= 4 is 5.97 Å². The predicted molar refractivity (Wildman–Crippen MR) is 74.9 cm³/mol. The molecule has 0 amide bonds. The van der Waals surface area contributed by atoms with Crippen molar-refractivity contribution in [1.82, 2.24) is 0 Å². The summed E-state index contributed by atoms with van der Waals surface area (Å²) in [6.07, 6.45) is 0. The molecule has 0 aromatic heterocycles. The minimum atomic E-state index is -0.348. The van der Waals surface area contributed by atoms with Crippen LogP contribution in [-0.4, -0.2) is 13.1 Å². The Morgan fingerprint density at radius 1 is 1.00 bits per heavy atom. The molecule has 0 fully saturated rings. The van der Waals surface area contributed by atoms with Gasteiger partial charge in [0.15, 0.2) is 0 Å². The zero-order chi connectivity index (χ0) is 13.7. The Bertz CT molecular complexity index is 643. The van der Waals surface area contributed by atoms with Gasteiger partial charge in [-0.25, -0.2) is 4.79 Å². The number of esters is 1. The molecule has 0 bridgehead atoms. The molecule has 0 unspecified atom stereocenters. The van der Waals surface area contributed by atoms with E-state index in [0.717, 1.165) is 11.1 Å². The third kappa shape index (κ3) is 3.46. The van der Waals surface area contributed by atoms with Crippen LogP contribution in [0.3, 0.4) is 0 Å². The largest absolute Gasteiger partial charge is 0.465 e. The number of carbonyl (C=O) groups excluding carboxylic acids is 1. The summed E-state index contributed by atoms with van der Waals surface area (Å²) in [4.78, 5) is 11.4. The molecule has 0 aliphatic rings. The molecule has 19 heavy (non-hydrogen) atoms. The summed E-state index contributed by atoms with van der Waals surface area (Å²) in [7, 11) is 1.37. The molecule has 0 saturated carbocycles. The van der Waals surface area contributed by atoms with E-state index in [1.807, 2.05) is 37.3 Å². The van der Waals surface area contributed by atoms with E-state index in [1.54, 1.807) is 18.2 Å². The highest BCUT2D eigenvalue weighted by atomic mass is 16.5. The molecular formula is C17H14O2. The second kappa shape index (κ2) is 5.88. The average Bonchev–Trinajstić information content (AvgIpc) is 2.46. The van der Waals surface area contributed by atoms with Gasteiger partial charge in [-0.3, -0.25) is 0 Å². The molecular weight excluding hydrogens is 236 g/mol. The standard InChI is InChI=1S/C17H14O2/c1-13-6-8-14(9-7-13)10-11-15-4-3-5-16(12-15)17(18)19-2/h3-9,12H,1-2H3. The highest BCUT2D eigenvalue weighted by Crippen LogP contribution is 2.06. The van der Waals surface area contributed by atoms with Crippen LogP contribution in [0.25, 0.3) is 0 Å². The second-order valence-corrected chi connectivity index (χ2v) is 4.19. The fourth-order valence-electron chi connectivity index (χ4n) is 1.62. The number of hydrogen-bond donors (Lipinski definition) is 0. The summed E-state index contributed by atoms with van der Waals surface area (Å²) in [6.45, 7) is 2.04. The molecule has 0 saturated heterocycles. The fraction of sp³-hybridized carbons (Fsp3) is 0.118. The van der Waals surface area contributed by atoms with Crippen molar-refractivity contribution in [1.29, 1.82) is 0 Å². The number of aryl methyl sites for hydroxylation is 1. The molecule has 2 heteroatoms. The molecule has 0 spiro atoms. The highest BCUT2D eigenvalue weighted by Gasteiger charge is 2.03. The molecule has 0 radical (unpaired) electrons. The second-order valence-electron chi connectivity index (χ2n) is 4.19. The normalized spacial score (nSPS) is 9.37. The lowest BCUT2D eigenvalue weighted by molar-refractivity contribution is 0.0600. The monoisotopic (exact) mass is 250 g/mol. The van der Waals surface area contributed by atoms with Gasteiger partial charge >= 0.3 is 5.97 Å². The minimum Gasteiger partial charge on any atom is -0.465 e. The summed E-state index contributed by atoms with van der Waals surface area (Å²) < 4.78 is 4.68. The third-order valence-electron chi connectivity index (χ3n) is 2.69. The topological polar surface area (TPSA) is 26.3 Å². The van der Waals surface area contributed by atoms with Gasteiger partial charge in [-0.2, -0.15) is 0 Å². The zero-order valence-electron chi connectivity index (χ0n) is 10.9. The first-order valence-electron chi connectivity index (χ1n) is 5.96. The van der Waals surface area contributed by atoms with Crippen molar-refractivity contribution in [3.63, 3.8) is 0 Å². The summed E-state index contributed by atoms with van der Waals surface area (Å²) >= 11 is 0. The van der Waals surface area contributed by atoms with Gasteiger partial charge in [0.2, 0.25) is 0 Å². The molecule has 2 nitrogen and oxygen atoms in total. The van der Waals surface area contributed by atoms with Gasteiger partial charge in [0.05, 0.1) is 12.7 Å². The van der Waals surface area contributed by atoms with Crippen molar-refractivity contribution in [2.24, 2.45) is 0 Å². The molecule has 2 rings (SSSR count). The van der Waals surface area contributed by atoms with Crippen LogP contribution in [-0.2, 0) is 4.74 Å². The maximum absolute atomic E-state index is 11.4. The van der Waals surface area contributed by atoms with Crippen molar-refractivity contribution in [2.45, 2.75) is 6.92 Å². The van der Waals surface area contributed by atoms with Gasteiger partial charge in [0, 0.05) is 11.1 Å². The number of rotatable bonds is 1. The van der Waals surface area contributed by atoms with Crippen molar-refractivity contribution in [3.05, 3.63) is 70.8 Å². The molecule has 2 aromatic carbocycles. The fourth-order valence-corrected chi connectivity index (χ4v) is 1.62. The molecule has 94 valence electrons.